The van der Waals surface area contributed by atoms with Crippen molar-refractivity contribution >= 4 is 0 Å². The molecule has 27 heavy (non-hydrogen) atoms. The van der Waals surface area contributed by atoms with Gasteiger partial charge in [0.2, 0.25) is 0 Å². The lowest BCUT2D eigenvalue weighted by Gasteiger charge is -2.26. The third-order valence-electron chi connectivity index (χ3n) is 5.15. The van der Waals surface area contributed by atoms with Gasteiger partial charge in [0, 0.05) is 0 Å². The Bertz CT molecular complexity index is 638. The van der Waals surface area contributed by atoms with Crippen LogP contribution in [-0.2, 0) is 0 Å². The van der Waals surface area contributed by atoms with Gasteiger partial charge < -0.3 is 14.4 Å². The highest BCUT2D eigenvalue weighted by Crippen LogP contribution is 2.31. The van der Waals surface area contributed by atoms with Crippen LogP contribution in [0.3, 0.4) is 0 Å². The minimum absolute atomic E-state index is 0.751. The number of hydrogen-bond donors (Lipinski definition) is 0. The molecule has 3 rings (SSSR count). The zero-order chi connectivity index (χ0) is 18.6. The molecule has 0 atom stereocenters. The maximum absolute atomic E-state index is 5.98. The van der Waals surface area contributed by atoms with Crippen molar-refractivity contribution < 1.29 is 9.47 Å². The van der Waals surface area contributed by atoms with Crippen molar-refractivity contribution in [3.05, 3.63) is 54.6 Å². The van der Waals surface area contributed by atoms with Gasteiger partial charge in [0.15, 0.2) is 11.5 Å². The van der Waals surface area contributed by atoms with E-state index in [2.05, 4.69) is 4.90 Å². The fraction of sp³-hybridized carbons (Fsp3) is 0.500. The third kappa shape index (κ3) is 7.26. The number of para-hydroxylation sites is 3. The van der Waals surface area contributed by atoms with E-state index in [0.29, 0.717) is 0 Å². The van der Waals surface area contributed by atoms with E-state index < -0.39 is 0 Å². The van der Waals surface area contributed by atoms with Crippen molar-refractivity contribution in [1.29, 1.82) is 0 Å². The van der Waals surface area contributed by atoms with Crippen LogP contribution < -0.4 is 9.47 Å². The van der Waals surface area contributed by atoms with Gasteiger partial charge in [-0.25, -0.2) is 0 Å². The zero-order valence-electron chi connectivity index (χ0n) is 16.4. The van der Waals surface area contributed by atoms with Crippen molar-refractivity contribution in [2.75, 3.05) is 26.2 Å². The Morgan fingerprint density at radius 3 is 2.15 bits per heavy atom. The summed E-state index contributed by atoms with van der Waals surface area (Å²) in [5.41, 5.74) is 0. The molecule has 0 radical (unpaired) electrons. The summed E-state index contributed by atoms with van der Waals surface area (Å²) in [6.07, 6.45) is 10.5. The van der Waals surface area contributed by atoms with Gasteiger partial charge in [-0.1, -0.05) is 56.0 Å². The molecular weight excluding hydrogens is 334 g/mol. The summed E-state index contributed by atoms with van der Waals surface area (Å²) in [6.45, 7) is 4.68. The highest BCUT2D eigenvalue weighted by molar-refractivity contribution is 5.42. The van der Waals surface area contributed by atoms with Gasteiger partial charge in [-0.05, 0) is 69.6 Å². The van der Waals surface area contributed by atoms with Crippen molar-refractivity contribution in [2.24, 2.45) is 0 Å². The number of nitrogens with zero attached hydrogens (tertiary/aromatic N) is 1. The summed E-state index contributed by atoms with van der Waals surface area (Å²) in [6, 6.07) is 17.8. The van der Waals surface area contributed by atoms with Gasteiger partial charge in [-0.15, -0.1) is 0 Å². The first-order valence-electron chi connectivity index (χ1n) is 10.6. The molecular formula is C24H33NO2. The van der Waals surface area contributed by atoms with Crippen LogP contribution in [0.4, 0.5) is 0 Å². The molecule has 3 nitrogen and oxygen atoms in total. The van der Waals surface area contributed by atoms with Gasteiger partial charge in [0.1, 0.15) is 5.75 Å². The Morgan fingerprint density at radius 1 is 0.667 bits per heavy atom. The predicted molar refractivity (Wildman–Crippen MR) is 112 cm³/mol. The monoisotopic (exact) mass is 367 g/mol. The topological polar surface area (TPSA) is 21.7 Å². The van der Waals surface area contributed by atoms with Crippen molar-refractivity contribution in [3.8, 4) is 17.2 Å². The SMILES string of the molecule is c1ccc(Oc2ccccc2OCCCCCCCN2CCCCC2)cc1. The molecule has 0 bridgehead atoms. The fourth-order valence-electron chi connectivity index (χ4n) is 3.60. The molecule has 0 saturated carbocycles. The molecule has 1 heterocycles. The second-order valence-corrected chi connectivity index (χ2v) is 7.38. The molecule has 1 aliphatic rings. The molecule has 0 unspecified atom stereocenters. The van der Waals surface area contributed by atoms with E-state index >= 15 is 0 Å². The second-order valence-electron chi connectivity index (χ2n) is 7.38. The van der Waals surface area contributed by atoms with E-state index in [1.54, 1.807) is 0 Å². The number of likely N-dealkylation sites (tertiary alicyclic amines) is 1. The Balaban J connectivity index is 1.29. The number of benzene rings is 2. The first kappa shape index (κ1) is 19.8. The maximum atomic E-state index is 5.98. The van der Waals surface area contributed by atoms with Crippen molar-refractivity contribution in [2.45, 2.75) is 51.4 Å². The normalized spacial score (nSPS) is 14.8. The zero-order valence-corrected chi connectivity index (χ0v) is 16.4. The molecule has 2 aromatic rings. The summed E-state index contributed by atoms with van der Waals surface area (Å²) in [5.74, 6) is 2.44. The molecule has 0 spiro atoms. The van der Waals surface area contributed by atoms with E-state index in [4.69, 9.17) is 9.47 Å². The van der Waals surface area contributed by atoms with Crippen LogP contribution in [0.25, 0.3) is 0 Å². The summed E-state index contributed by atoms with van der Waals surface area (Å²) < 4.78 is 11.9. The van der Waals surface area contributed by atoms with Crippen LogP contribution in [0.2, 0.25) is 0 Å². The van der Waals surface area contributed by atoms with E-state index in [1.165, 1.54) is 64.6 Å². The molecule has 1 saturated heterocycles. The number of hydrogen-bond acceptors (Lipinski definition) is 3. The third-order valence-corrected chi connectivity index (χ3v) is 5.15. The van der Waals surface area contributed by atoms with Crippen molar-refractivity contribution in [1.82, 2.24) is 4.90 Å². The molecule has 146 valence electrons. The van der Waals surface area contributed by atoms with E-state index in [-0.39, 0.29) is 0 Å². The smallest absolute Gasteiger partial charge is 0.169 e. The standard InChI is InChI=1S/C24H33NO2/c1(2-10-18-25-19-11-5-12-20-25)3-13-21-26-23-16-8-9-17-24(23)27-22-14-6-4-7-15-22/h4,6-9,14-17H,1-3,5,10-13,18-21H2. The van der Waals surface area contributed by atoms with Crippen LogP contribution >= 0.6 is 0 Å². The number of rotatable bonds is 11. The van der Waals surface area contributed by atoms with Crippen LogP contribution in [0.1, 0.15) is 51.4 Å². The van der Waals surface area contributed by atoms with Gasteiger partial charge in [0.05, 0.1) is 6.61 Å². The quantitative estimate of drug-likeness (QED) is 0.435. The molecule has 0 N–H and O–H groups in total. The minimum atomic E-state index is 0.751. The molecule has 2 aromatic carbocycles. The van der Waals surface area contributed by atoms with Crippen molar-refractivity contribution in [3.63, 3.8) is 0 Å². The lowest BCUT2D eigenvalue weighted by molar-refractivity contribution is 0.223. The molecule has 3 heteroatoms. The van der Waals surface area contributed by atoms with Crippen LogP contribution in [0.5, 0.6) is 17.2 Å². The van der Waals surface area contributed by atoms with Gasteiger partial charge >= 0.3 is 0 Å². The Hall–Kier alpha value is -2.00. The Labute approximate surface area is 164 Å². The summed E-state index contributed by atoms with van der Waals surface area (Å²) in [4.78, 5) is 2.64. The Morgan fingerprint density at radius 2 is 1.33 bits per heavy atom. The summed E-state index contributed by atoms with van der Waals surface area (Å²) in [5, 5.41) is 0. The largest absolute Gasteiger partial charge is 0.490 e. The first-order valence-corrected chi connectivity index (χ1v) is 10.6. The fourth-order valence-corrected chi connectivity index (χ4v) is 3.60. The minimum Gasteiger partial charge on any atom is -0.490 e. The maximum Gasteiger partial charge on any atom is 0.169 e. The predicted octanol–water partition coefficient (Wildman–Crippen LogP) is 6.29. The molecule has 1 aliphatic heterocycles. The molecule has 0 aromatic heterocycles. The lowest BCUT2D eigenvalue weighted by atomic mass is 10.1. The van der Waals surface area contributed by atoms with Crippen LogP contribution in [0, 0.1) is 0 Å². The van der Waals surface area contributed by atoms with E-state index in [9.17, 15) is 0 Å². The average molecular weight is 368 g/mol. The summed E-state index contributed by atoms with van der Waals surface area (Å²) >= 11 is 0. The molecule has 0 aliphatic carbocycles. The van der Waals surface area contributed by atoms with Crippen LogP contribution in [-0.4, -0.2) is 31.1 Å². The summed E-state index contributed by atoms with van der Waals surface area (Å²) in [7, 11) is 0. The average Bonchev–Trinajstić information content (AvgIpc) is 2.73. The second kappa shape index (κ2) is 11.7. The van der Waals surface area contributed by atoms with E-state index in [0.717, 1.165) is 30.3 Å². The van der Waals surface area contributed by atoms with Gasteiger partial charge in [-0.2, -0.15) is 0 Å². The lowest BCUT2D eigenvalue weighted by Crippen LogP contribution is -2.30. The number of piperidine rings is 1. The van der Waals surface area contributed by atoms with Crippen LogP contribution in [0.15, 0.2) is 54.6 Å². The highest BCUT2D eigenvalue weighted by Gasteiger charge is 2.09. The highest BCUT2D eigenvalue weighted by atomic mass is 16.5. The van der Waals surface area contributed by atoms with Gasteiger partial charge in [-0.3, -0.25) is 0 Å². The molecule has 0 amide bonds. The first-order chi connectivity index (χ1) is 13.4. The van der Waals surface area contributed by atoms with E-state index in [1.807, 2.05) is 54.6 Å². The van der Waals surface area contributed by atoms with Gasteiger partial charge in [0.25, 0.3) is 0 Å². The Kier molecular flexibility index (Phi) is 8.53. The molecule has 1 fully saturated rings. The number of ether oxygens (including phenoxy) is 2. The number of unbranched alkanes of at least 4 members (excludes halogenated alkanes) is 4.